The third kappa shape index (κ3) is 5.33. The number of carbonyl (C=O) groups excluding carboxylic acids is 1. The molecule has 0 radical (unpaired) electrons. The van der Waals surface area contributed by atoms with Crippen LogP contribution < -0.4 is 5.32 Å². The van der Waals surface area contributed by atoms with Crippen molar-refractivity contribution in [1.82, 2.24) is 10.2 Å². The van der Waals surface area contributed by atoms with Crippen molar-refractivity contribution in [2.75, 3.05) is 33.3 Å². The molecular weight excluding hydrogens is 240 g/mol. The Hall–Kier alpha value is -0.870. The number of ether oxygens (including phenoxy) is 1. The van der Waals surface area contributed by atoms with Crippen LogP contribution in [0.5, 0.6) is 0 Å². The van der Waals surface area contributed by atoms with Crippen molar-refractivity contribution < 1.29 is 9.53 Å². The van der Waals surface area contributed by atoms with E-state index in [2.05, 4.69) is 24.1 Å². The number of nitrogens with zero attached hydrogens (tertiary/aromatic N) is 1. The molecule has 1 atom stereocenters. The fraction of sp³-hybridized carbons (Fsp3) is 0.800. The SMILES string of the molecule is CCC(=CCNCC1CCN(C(C)C)C1)C(=O)OC. The highest BCUT2D eigenvalue weighted by Gasteiger charge is 2.23. The number of rotatable bonds is 7. The molecule has 19 heavy (non-hydrogen) atoms. The minimum Gasteiger partial charge on any atom is -0.466 e. The molecule has 1 aliphatic rings. The van der Waals surface area contributed by atoms with Gasteiger partial charge in [-0.15, -0.1) is 0 Å². The van der Waals surface area contributed by atoms with Crippen LogP contribution in [-0.4, -0.2) is 50.2 Å². The molecule has 1 heterocycles. The summed E-state index contributed by atoms with van der Waals surface area (Å²) in [5.74, 6) is 0.523. The molecule has 0 aromatic rings. The molecular formula is C15H28N2O2. The summed E-state index contributed by atoms with van der Waals surface area (Å²) in [5, 5.41) is 3.42. The summed E-state index contributed by atoms with van der Waals surface area (Å²) in [6.45, 7) is 10.6. The van der Waals surface area contributed by atoms with E-state index in [1.807, 2.05) is 13.0 Å². The molecule has 0 saturated carbocycles. The van der Waals surface area contributed by atoms with Gasteiger partial charge in [0.1, 0.15) is 0 Å². The van der Waals surface area contributed by atoms with Crippen LogP contribution in [0.3, 0.4) is 0 Å². The summed E-state index contributed by atoms with van der Waals surface area (Å²) in [4.78, 5) is 13.9. The van der Waals surface area contributed by atoms with Crippen molar-refractivity contribution in [2.24, 2.45) is 5.92 Å². The zero-order chi connectivity index (χ0) is 14.3. The van der Waals surface area contributed by atoms with E-state index < -0.39 is 0 Å². The number of hydrogen-bond acceptors (Lipinski definition) is 4. The summed E-state index contributed by atoms with van der Waals surface area (Å²) in [5.41, 5.74) is 0.755. The maximum Gasteiger partial charge on any atom is 0.333 e. The maximum absolute atomic E-state index is 11.4. The number of nitrogens with one attached hydrogen (secondary N) is 1. The highest BCUT2D eigenvalue weighted by Crippen LogP contribution is 2.17. The Morgan fingerprint density at radius 1 is 1.53 bits per heavy atom. The third-order valence-electron chi connectivity index (χ3n) is 3.80. The van der Waals surface area contributed by atoms with Gasteiger partial charge < -0.3 is 15.0 Å². The lowest BCUT2D eigenvalue weighted by atomic mass is 10.1. The van der Waals surface area contributed by atoms with E-state index in [0.29, 0.717) is 6.04 Å². The van der Waals surface area contributed by atoms with Gasteiger partial charge in [-0.05, 0) is 45.7 Å². The summed E-state index contributed by atoms with van der Waals surface area (Å²) >= 11 is 0. The van der Waals surface area contributed by atoms with Gasteiger partial charge in [0.05, 0.1) is 7.11 Å². The van der Waals surface area contributed by atoms with Gasteiger partial charge in [-0.1, -0.05) is 13.0 Å². The first-order valence-electron chi connectivity index (χ1n) is 7.30. The topological polar surface area (TPSA) is 41.6 Å². The summed E-state index contributed by atoms with van der Waals surface area (Å²) in [7, 11) is 1.43. The first-order valence-corrected chi connectivity index (χ1v) is 7.30. The molecule has 4 heteroatoms. The second-order valence-corrected chi connectivity index (χ2v) is 5.48. The van der Waals surface area contributed by atoms with Crippen molar-refractivity contribution in [1.29, 1.82) is 0 Å². The molecule has 1 saturated heterocycles. The van der Waals surface area contributed by atoms with Gasteiger partial charge in [0.15, 0.2) is 0 Å². The van der Waals surface area contributed by atoms with Crippen LogP contribution in [0.1, 0.15) is 33.6 Å². The van der Waals surface area contributed by atoms with Crippen LogP contribution in [0, 0.1) is 5.92 Å². The predicted molar refractivity (Wildman–Crippen MR) is 78.1 cm³/mol. The average molecular weight is 268 g/mol. The maximum atomic E-state index is 11.4. The van der Waals surface area contributed by atoms with E-state index >= 15 is 0 Å². The Bertz CT molecular complexity index is 313. The van der Waals surface area contributed by atoms with E-state index in [0.717, 1.165) is 31.0 Å². The predicted octanol–water partition coefficient (Wildman–Crippen LogP) is 1.82. The molecule has 1 N–H and O–H groups in total. The van der Waals surface area contributed by atoms with Gasteiger partial charge >= 0.3 is 5.97 Å². The zero-order valence-corrected chi connectivity index (χ0v) is 12.7. The fourth-order valence-electron chi connectivity index (χ4n) is 2.48. The lowest BCUT2D eigenvalue weighted by Crippen LogP contribution is -2.30. The molecule has 110 valence electrons. The van der Waals surface area contributed by atoms with Crippen LogP contribution in [0.25, 0.3) is 0 Å². The minimum atomic E-state index is -0.212. The van der Waals surface area contributed by atoms with Crippen LogP contribution in [-0.2, 0) is 9.53 Å². The van der Waals surface area contributed by atoms with E-state index in [9.17, 15) is 4.79 Å². The second kappa shape index (κ2) is 8.33. The third-order valence-corrected chi connectivity index (χ3v) is 3.80. The van der Waals surface area contributed by atoms with Gasteiger partial charge in [0, 0.05) is 24.7 Å². The lowest BCUT2D eigenvalue weighted by molar-refractivity contribution is -0.136. The Morgan fingerprint density at radius 2 is 2.26 bits per heavy atom. The van der Waals surface area contributed by atoms with Crippen molar-refractivity contribution in [3.63, 3.8) is 0 Å². The molecule has 0 spiro atoms. The number of likely N-dealkylation sites (tertiary alicyclic amines) is 1. The van der Waals surface area contributed by atoms with Gasteiger partial charge in [0.25, 0.3) is 0 Å². The van der Waals surface area contributed by atoms with E-state index in [1.165, 1.54) is 26.6 Å². The molecule has 0 aromatic heterocycles. The first kappa shape index (κ1) is 16.2. The minimum absolute atomic E-state index is 0.212. The van der Waals surface area contributed by atoms with E-state index in [1.54, 1.807) is 0 Å². The Kier molecular flexibility index (Phi) is 7.10. The Morgan fingerprint density at radius 3 is 2.79 bits per heavy atom. The van der Waals surface area contributed by atoms with Crippen LogP contribution >= 0.6 is 0 Å². The Labute approximate surface area is 117 Å². The molecule has 0 aromatic carbocycles. The lowest BCUT2D eigenvalue weighted by Gasteiger charge is -2.20. The molecule has 1 fully saturated rings. The van der Waals surface area contributed by atoms with Crippen molar-refractivity contribution in [2.45, 2.75) is 39.7 Å². The highest BCUT2D eigenvalue weighted by molar-refractivity contribution is 5.88. The number of esters is 1. The zero-order valence-electron chi connectivity index (χ0n) is 12.7. The fourth-order valence-corrected chi connectivity index (χ4v) is 2.48. The first-order chi connectivity index (χ1) is 9.08. The molecule has 1 aliphatic heterocycles. The molecule has 0 amide bonds. The largest absolute Gasteiger partial charge is 0.466 e. The van der Waals surface area contributed by atoms with Crippen LogP contribution in [0.4, 0.5) is 0 Å². The normalized spacial score (nSPS) is 21.1. The average Bonchev–Trinajstić information content (AvgIpc) is 2.87. The quantitative estimate of drug-likeness (QED) is 0.434. The van der Waals surface area contributed by atoms with Crippen molar-refractivity contribution in [3.8, 4) is 0 Å². The van der Waals surface area contributed by atoms with Crippen LogP contribution in [0.15, 0.2) is 11.6 Å². The highest BCUT2D eigenvalue weighted by atomic mass is 16.5. The van der Waals surface area contributed by atoms with Gasteiger partial charge in [-0.25, -0.2) is 4.79 Å². The summed E-state index contributed by atoms with van der Waals surface area (Å²) in [6, 6.07) is 0.649. The summed E-state index contributed by atoms with van der Waals surface area (Å²) < 4.78 is 4.73. The second-order valence-electron chi connectivity index (χ2n) is 5.48. The number of methoxy groups -OCH3 is 1. The standard InChI is InChI=1S/C15H28N2O2/c1-5-14(15(18)19-4)6-8-16-10-13-7-9-17(11-13)12(2)3/h6,12-13,16H,5,7-11H2,1-4H3. The molecule has 1 rings (SSSR count). The number of hydrogen-bond donors (Lipinski definition) is 1. The molecule has 1 unspecified atom stereocenters. The van der Waals surface area contributed by atoms with E-state index in [4.69, 9.17) is 4.74 Å². The smallest absolute Gasteiger partial charge is 0.333 e. The molecule has 0 bridgehead atoms. The molecule has 0 aliphatic carbocycles. The molecule has 4 nitrogen and oxygen atoms in total. The van der Waals surface area contributed by atoms with Crippen molar-refractivity contribution in [3.05, 3.63) is 11.6 Å². The van der Waals surface area contributed by atoms with E-state index in [-0.39, 0.29) is 5.97 Å². The number of carbonyl (C=O) groups is 1. The van der Waals surface area contributed by atoms with Gasteiger partial charge in [0.2, 0.25) is 0 Å². The van der Waals surface area contributed by atoms with Crippen LogP contribution in [0.2, 0.25) is 0 Å². The van der Waals surface area contributed by atoms with Crippen molar-refractivity contribution >= 4 is 5.97 Å². The summed E-state index contributed by atoms with van der Waals surface area (Å²) in [6.07, 6.45) is 3.94. The van der Waals surface area contributed by atoms with Gasteiger partial charge in [-0.3, -0.25) is 0 Å². The monoisotopic (exact) mass is 268 g/mol. The Balaban J connectivity index is 2.24. The van der Waals surface area contributed by atoms with Gasteiger partial charge in [-0.2, -0.15) is 0 Å².